The number of nitrogens with zero attached hydrogens (tertiary/aromatic N) is 4. The van der Waals surface area contributed by atoms with Gasteiger partial charge in [0.25, 0.3) is 11.8 Å². The number of carbonyl (C=O) groups is 3. The van der Waals surface area contributed by atoms with Crippen LogP contribution in [-0.4, -0.2) is 43.4 Å². The number of amides is 2. The molecule has 0 saturated carbocycles. The van der Waals surface area contributed by atoms with Gasteiger partial charge in [0, 0.05) is 18.8 Å². The molecule has 9 heteroatoms. The molecule has 0 aliphatic heterocycles. The predicted octanol–water partition coefficient (Wildman–Crippen LogP) is 0.366. The zero-order chi connectivity index (χ0) is 20.1. The van der Waals surface area contributed by atoms with Crippen molar-refractivity contribution in [2.24, 2.45) is 5.73 Å². The van der Waals surface area contributed by atoms with Crippen molar-refractivity contribution in [3.05, 3.63) is 71.9 Å². The Morgan fingerprint density at radius 2 is 1.93 bits per heavy atom. The molecule has 1 aromatic carbocycles. The molecule has 9 nitrogen and oxygen atoms in total. The fourth-order valence-corrected chi connectivity index (χ4v) is 2.70. The summed E-state index contributed by atoms with van der Waals surface area (Å²) in [6.07, 6.45) is 4.57. The fraction of sp³-hybridized carbons (Fsp3) is 0.158. The van der Waals surface area contributed by atoms with Crippen LogP contribution in [0.3, 0.4) is 0 Å². The van der Waals surface area contributed by atoms with E-state index in [0.29, 0.717) is 11.5 Å². The van der Waals surface area contributed by atoms with E-state index in [1.54, 1.807) is 37.3 Å². The molecule has 3 N–H and O–H groups in total. The SMILES string of the molecule is Cc1cc(C(=O)N[C@@H](Cc2ccccc2)C(=O)C(N)=O)n(-c2cnccn2)n1. The Morgan fingerprint density at radius 3 is 2.57 bits per heavy atom. The number of primary amides is 1. The molecule has 0 fully saturated rings. The van der Waals surface area contributed by atoms with E-state index in [-0.39, 0.29) is 12.1 Å². The lowest BCUT2D eigenvalue weighted by Crippen LogP contribution is -2.47. The number of rotatable bonds is 7. The molecule has 3 rings (SSSR count). The Kier molecular flexibility index (Phi) is 5.54. The Balaban J connectivity index is 1.88. The number of aromatic nitrogens is 4. The summed E-state index contributed by atoms with van der Waals surface area (Å²) in [7, 11) is 0. The Hall–Kier alpha value is -3.88. The highest BCUT2D eigenvalue weighted by atomic mass is 16.2. The molecule has 28 heavy (non-hydrogen) atoms. The number of nitrogens with one attached hydrogen (secondary N) is 1. The van der Waals surface area contributed by atoms with Crippen LogP contribution in [0.5, 0.6) is 0 Å². The maximum Gasteiger partial charge on any atom is 0.287 e. The lowest BCUT2D eigenvalue weighted by molar-refractivity contribution is -0.137. The lowest BCUT2D eigenvalue weighted by atomic mass is 10.0. The molecule has 0 bridgehead atoms. The summed E-state index contributed by atoms with van der Waals surface area (Å²) < 4.78 is 1.33. The molecule has 0 spiro atoms. The monoisotopic (exact) mass is 378 g/mol. The number of benzene rings is 1. The second-order valence-electron chi connectivity index (χ2n) is 6.09. The molecule has 0 aliphatic rings. The standard InChI is InChI=1S/C19H18N6O3/c1-12-9-15(25(24-12)16-11-21-7-8-22-16)19(28)23-14(17(26)18(20)27)10-13-5-3-2-4-6-13/h2-9,11,14H,10H2,1H3,(H2,20,27)(H,23,28)/t14-/m0/s1. The van der Waals surface area contributed by atoms with Gasteiger partial charge in [-0.15, -0.1) is 0 Å². The van der Waals surface area contributed by atoms with Crippen molar-refractivity contribution in [3.63, 3.8) is 0 Å². The Morgan fingerprint density at radius 1 is 1.18 bits per heavy atom. The van der Waals surface area contributed by atoms with Gasteiger partial charge in [0.1, 0.15) is 11.7 Å². The van der Waals surface area contributed by atoms with Crippen molar-refractivity contribution in [3.8, 4) is 5.82 Å². The molecular formula is C19H18N6O3. The minimum absolute atomic E-state index is 0.132. The highest BCUT2D eigenvalue weighted by Crippen LogP contribution is 2.11. The summed E-state index contributed by atoms with van der Waals surface area (Å²) in [5.74, 6) is -2.22. The number of Topliss-reactive ketones (excluding diaryl/α,β-unsaturated/α-hetero) is 1. The number of ketones is 1. The van der Waals surface area contributed by atoms with E-state index in [9.17, 15) is 14.4 Å². The van der Waals surface area contributed by atoms with Crippen molar-refractivity contribution in [2.75, 3.05) is 0 Å². The van der Waals surface area contributed by atoms with E-state index in [4.69, 9.17) is 5.73 Å². The predicted molar refractivity (Wildman–Crippen MR) is 99.5 cm³/mol. The number of hydrogen-bond acceptors (Lipinski definition) is 6. The van der Waals surface area contributed by atoms with Crippen LogP contribution in [0.15, 0.2) is 55.0 Å². The molecule has 1 atom stereocenters. The summed E-state index contributed by atoms with van der Waals surface area (Å²) in [4.78, 5) is 44.6. The summed E-state index contributed by atoms with van der Waals surface area (Å²) in [5, 5.41) is 6.84. The molecule has 3 aromatic rings. The smallest absolute Gasteiger partial charge is 0.287 e. The van der Waals surface area contributed by atoms with Crippen LogP contribution >= 0.6 is 0 Å². The third-order valence-electron chi connectivity index (χ3n) is 3.98. The quantitative estimate of drug-likeness (QED) is 0.571. The van der Waals surface area contributed by atoms with Gasteiger partial charge in [0.15, 0.2) is 5.82 Å². The Bertz CT molecular complexity index is 1000. The molecular weight excluding hydrogens is 360 g/mol. The van der Waals surface area contributed by atoms with Crippen molar-refractivity contribution >= 4 is 17.6 Å². The zero-order valence-electron chi connectivity index (χ0n) is 15.1. The molecule has 2 aromatic heterocycles. The molecule has 0 unspecified atom stereocenters. The van der Waals surface area contributed by atoms with E-state index < -0.39 is 23.6 Å². The van der Waals surface area contributed by atoms with E-state index >= 15 is 0 Å². The van der Waals surface area contributed by atoms with Crippen LogP contribution in [0.1, 0.15) is 21.7 Å². The van der Waals surface area contributed by atoms with Gasteiger partial charge in [-0.2, -0.15) is 5.10 Å². The van der Waals surface area contributed by atoms with E-state index in [1.807, 2.05) is 6.07 Å². The second kappa shape index (κ2) is 8.21. The number of nitrogens with two attached hydrogens (primary N) is 1. The molecule has 0 aliphatic carbocycles. The molecule has 0 radical (unpaired) electrons. The van der Waals surface area contributed by atoms with Crippen molar-refractivity contribution in [1.29, 1.82) is 0 Å². The van der Waals surface area contributed by atoms with Gasteiger partial charge in [-0.25, -0.2) is 9.67 Å². The second-order valence-corrected chi connectivity index (χ2v) is 6.09. The summed E-state index contributed by atoms with van der Waals surface area (Å²) >= 11 is 0. The van der Waals surface area contributed by atoms with Crippen LogP contribution in [-0.2, 0) is 16.0 Å². The van der Waals surface area contributed by atoms with Crippen molar-refractivity contribution < 1.29 is 14.4 Å². The third kappa shape index (κ3) is 4.26. The number of hydrogen-bond donors (Lipinski definition) is 2. The van der Waals surface area contributed by atoms with Crippen LogP contribution in [0.4, 0.5) is 0 Å². The van der Waals surface area contributed by atoms with Crippen molar-refractivity contribution in [1.82, 2.24) is 25.1 Å². The number of carbonyl (C=O) groups excluding carboxylic acids is 3. The highest BCUT2D eigenvalue weighted by Gasteiger charge is 2.27. The van der Waals surface area contributed by atoms with Gasteiger partial charge in [-0.1, -0.05) is 30.3 Å². The average molecular weight is 378 g/mol. The van der Waals surface area contributed by atoms with Crippen LogP contribution < -0.4 is 11.1 Å². The van der Waals surface area contributed by atoms with Gasteiger partial charge < -0.3 is 11.1 Å². The zero-order valence-corrected chi connectivity index (χ0v) is 15.1. The Labute approximate surface area is 160 Å². The first-order valence-electron chi connectivity index (χ1n) is 8.47. The first-order valence-corrected chi connectivity index (χ1v) is 8.47. The normalized spacial score (nSPS) is 11.6. The minimum Gasteiger partial charge on any atom is -0.363 e. The van der Waals surface area contributed by atoms with Gasteiger partial charge in [0.2, 0.25) is 5.78 Å². The van der Waals surface area contributed by atoms with E-state index in [2.05, 4.69) is 20.4 Å². The summed E-state index contributed by atoms with van der Waals surface area (Å²) in [6.45, 7) is 1.72. The summed E-state index contributed by atoms with van der Waals surface area (Å²) in [6, 6.07) is 9.47. The van der Waals surface area contributed by atoms with Crippen molar-refractivity contribution in [2.45, 2.75) is 19.4 Å². The fourth-order valence-electron chi connectivity index (χ4n) is 2.70. The first kappa shape index (κ1) is 18.9. The highest BCUT2D eigenvalue weighted by molar-refractivity contribution is 6.38. The van der Waals surface area contributed by atoms with E-state index in [1.165, 1.54) is 23.3 Å². The van der Waals surface area contributed by atoms with Gasteiger partial charge in [0.05, 0.1) is 11.9 Å². The first-order chi connectivity index (χ1) is 13.5. The maximum atomic E-state index is 12.9. The average Bonchev–Trinajstić information content (AvgIpc) is 3.10. The van der Waals surface area contributed by atoms with Gasteiger partial charge in [-0.05, 0) is 18.6 Å². The summed E-state index contributed by atoms with van der Waals surface area (Å²) in [5.41, 5.74) is 6.67. The van der Waals surface area contributed by atoms with Crippen LogP contribution in [0.2, 0.25) is 0 Å². The van der Waals surface area contributed by atoms with E-state index in [0.717, 1.165) is 5.56 Å². The largest absolute Gasteiger partial charge is 0.363 e. The van der Waals surface area contributed by atoms with Crippen LogP contribution in [0.25, 0.3) is 5.82 Å². The topological polar surface area (TPSA) is 133 Å². The minimum atomic E-state index is -1.11. The molecule has 142 valence electrons. The molecule has 2 amide bonds. The lowest BCUT2D eigenvalue weighted by Gasteiger charge is -2.16. The number of aryl methyl sites for hydroxylation is 1. The van der Waals surface area contributed by atoms with Crippen LogP contribution in [0, 0.1) is 6.92 Å². The molecule has 0 saturated heterocycles. The molecule has 2 heterocycles. The van der Waals surface area contributed by atoms with Gasteiger partial charge >= 0.3 is 0 Å². The third-order valence-corrected chi connectivity index (χ3v) is 3.98. The van der Waals surface area contributed by atoms with Gasteiger partial charge in [-0.3, -0.25) is 19.4 Å². The maximum absolute atomic E-state index is 12.9.